The molecule has 1 fully saturated rings. The first-order valence-corrected chi connectivity index (χ1v) is 9.97. The monoisotopic (exact) mass is 379 g/mol. The van der Waals surface area contributed by atoms with Gasteiger partial charge >= 0.3 is 0 Å². The number of carbonyl (C=O) groups excluding carboxylic acids is 2. The van der Waals surface area contributed by atoms with Gasteiger partial charge in [-0.25, -0.2) is 0 Å². The number of hydrogen-bond acceptors (Lipinski definition) is 4. The van der Waals surface area contributed by atoms with Crippen molar-refractivity contribution in [1.82, 2.24) is 4.90 Å². The summed E-state index contributed by atoms with van der Waals surface area (Å²) in [6.07, 6.45) is 3.39. The third-order valence-electron chi connectivity index (χ3n) is 5.44. The smallest absolute Gasteiger partial charge is 0.223 e. The molecular formula is C23H25NO4. The van der Waals surface area contributed by atoms with Crippen molar-refractivity contribution >= 4 is 11.7 Å². The van der Waals surface area contributed by atoms with Crippen molar-refractivity contribution in [2.24, 2.45) is 0 Å². The zero-order valence-electron chi connectivity index (χ0n) is 15.9. The lowest BCUT2D eigenvalue weighted by Crippen LogP contribution is -2.36. The van der Waals surface area contributed by atoms with E-state index in [1.54, 1.807) is 18.2 Å². The van der Waals surface area contributed by atoms with Crippen LogP contribution in [0.4, 0.5) is 0 Å². The fourth-order valence-electron chi connectivity index (χ4n) is 3.99. The van der Waals surface area contributed by atoms with E-state index in [0.717, 1.165) is 25.8 Å². The molecule has 0 N–H and O–H groups in total. The second kappa shape index (κ2) is 8.46. The first kappa shape index (κ1) is 18.5. The third-order valence-corrected chi connectivity index (χ3v) is 5.44. The van der Waals surface area contributed by atoms with Crippen molar-refractivity contribution in [3.05, 3.63) is 59.7 Å². The molecule has 0 spiro atoms. The van der Waals surface area contributed by atoms with E-state index >= 15 is 0 Å². The van der Waals surface area contributed by atoms with Crippen LogP contribution >= 0.6 is 0 Å². The molecule has 4 rings (SSSR count). The molecular weight excluding hydrogens is 354 g/mol. The Hall–Kier alpha value is -2.82. The van der Waals surface area contributed by atoms with Gasteiger partial charge in [-0.3, -0.25) is 9.59 Å². The number of benzene rings is 2. The highest BCUT2D eigenvalue weighted by Gasteiger charge is 2.28. The van der Waals surface area contributed by atoms with E-state index in [9.17, 15) is 9.59 Å². The van der Waals surface area contributed by atoms with E-state index in [2.05, 4.69) is 12.1 Å². The molecule has 1 unspecified atom stereocenters. The highest BCUT2D eigenvalue weighted by molar-refractivity contribution is 5.98. The number of Topliss-reactive ketones (excluding diaryl/α,β-unsaturated/α-hetero) is 1. The van der Waals surface area contributed by atoms with Crippen LogP contribution < -0.4 is 9.47 Å². The van der Waals surface area contributed by atoms with Crippen LogP contribution in [0.1, 0.15) is 41.6 Å². The summed E-state index contributed by atoms with van der Waals surface area (Å²) in [5.74, 6) is 1.30. The molecule has 5 heteroatoms. The summed E-state index contributed by atoms with van der Waals surface area (Å²) in [4.78, 5) is 27.3. The molecule has 2 aromatic carbocycles. The average Bonchev–Trinajstić information content (AvgIpc) is 3.20. The normalized spacial score (nSPS) is 18.1. The van der Waals surface area contributed by atoms with Crippen molar-refractivity contribution < 1.29 is 19.1 Å². The van der Waals surface area contributed by atoms with Crippen molar-refractivity contribution in [2.45, 2.75) is 38.1 Å². The molecule has 0 bridgehead atoms. The lowest BCUT2D eigenvalue weighted by Gasteiger charge is -2.25. The molecule has 1 saturated heterocycles. The maximum Gasteiger partial charge on any atom is 0.223 e. The van der Waals surface area contributed by atoms with Crippen molar-refractivity contribution in [3.63, 3.8) is 0 Å². The quantitative estimate of drug-likeness (QED) is 0.719. The predicted octanol–water partition coefficient (Wildman–Crippen LogP) is 3.65. The average molecular weight is 379 g/mol. The second-order valence-electron chi connectivity index (χ2n) is 7.35. The Morgan fingerprint density at radius 1 is 0.964 bits per heavy atom. The summed E-state index contributed by atoms with van der Waals surface area (Å²) < 4.78 is 11.0. The summed E-state index contributed by atoms with van der Waals surface area (Å²) in [5, 5.41) is 0. The Balaban J connectivity index is 1.33. The summed E-state index contributed by atoms with van der Waals surface area (Å²) in [6, 6.07) is 15.7. The Bertz CT molecular complexity index is 849. The minimum atomic E-state index is -0.0378. The first-order chi connectivity index (χ1) is 13.7. The van der Waals surface area contributed by atoms with E-state index in [0.29, 0.717) is 30.3 Å². The van der Waals surface area contributed by atoms with E-state index in [-0.39, 0.29) is 30.6 Å². The topological polar surface area (TPSA) is 55.8 Å². The molecule has 5 nitrogen and oxygen atoms in total. The Morgan fingerprint density at radius 3 is 2.57 bits per heavy atom. The molecule has 1 atom stereocenters. The van der Waals surface area contributed by atoms with Gasteiger partial charge in [-0.05, 0) is 43.0 Å². The van der Waals surface area contributed by atoms with Crippen LogP contribution in [-0.4, -0.2) is 42.4 Å². The highest BCUT2D eigenvalue weighted by Crippen LogP contribution is 2.31. The highest BCUT2D eigenvalue weighted by atomic mass is 16.6. The van der Waals surface area contributed by atoms with Gasteiger partial charge in [-0.15, -0.1) is 0 Å². The molecule has 0 saturated carbocycles. The standard InChI is InChI=1S/C23H25NO4/c25-20(18-8-10-21-22(16-18)28-14-13-27-21)9-11-23(26)24-12-4-7-19(24)15-17-5-2-1-3-6-17/h1-3,5-6,8,10,16,19H,4,7,9,11-15H2. The number of hydrogen-bond donors (Lipinski definition) is 0. The zero-order chi connectivity index (χ0) is 19.3. The minimum absolute atomic E-state index is 0.0378. The molecule has 28 heavy (non-hydrogen) atoms. The third kappa shape index (κ3) is 4.19. The van der Waals surface area contributed by atoms with Crippen LogP contribution in [-0.2, 0) is 11.2 Å². The minimum Gasteiger partial charge on any atom is -0.486 e. The van der Waals surface area contributed by atoms with Gasteiger partial charge in [-0.1, -0.05) is 30.3 Å². The van der Waals surface area contributed by atoms with E-state index in [1.165, 1.54) is 5.56 Å². The number of amides is 1. The van der Waals surface area contributed by atoms with E-state index in [4.69, 9.17) is 9.47 Å². The molecule has 146 valence electrons. The predicted molar refractivity (Wildman–Crippen MR) is 106 cm³/mol. The van der Waals surface area contributed by atoms with Crippen molar-refractivity contribution in [2.75, 3.05) is 19.8 Å². The van der Waals surface area contributed by atoms with Gasteiger partial charge in [0.1, 0.15) is 13.2 Å². The Kier molecular flexibility index (Phi) is 5.60. The lowest BCUT2D eigenvalue weighted by molar-refractivity contribution is -0.131. The SMILES string of the molecule is O=C(CCC(=O)N1CCCC1Cc1ccccc1)c1ccc2c(c1)OCCO2. The first-order valence-electron chi connectivity index (χ1n) is 9.97. The molecule has 2 heterocycles. The number of nitrogens with zero attached hydrogens (tertiary/aromatic N) is 1. The molecule has 1 amide bonds. The van der Waals surface area contributed by atoms with Crippen LogP contribution in [0.3, 0.4) is 0 Å². The Morgan fingerprint density at radius 2 is 1.75 bits per heavy atom. The number of carbonyl (C=O) groups is 2. The van der Waals surface area contributed by atoms with E-state index < -0.39 is 0 Å². The lowest BCUT2D eigenvalue weighted by atomic mass is 10.0. The number of ketones is 1. The molecule has 0 aliphatic carbocycles. The van der Waals surface area contributed by atoms with Gasteiger partial charge in [0.2, 0.25) is 5.91 Å². The number of ether oxygens (including phenoxy) is 2. The summed E-state index contributed by atoms with van der Waals surface area (Å²) in [7, 11) is 0. The van der Waals surface area contributed by atoms with Gasteiger partial charge in [0.05, 0.1) is 0 Å². The molecule has 2 aliphatic rings. The summed E-state index contributed by atoms with van der Waals surface area (Å²) in [6.45, 7) is 1.80. The van der Waals surface area contributed by atoms with E-state index in [1.807, 2.05) is 23.1 Å². The van der Waals surface area contributed by atoms with Gasteiger partial charge in [0, 0.05) is 31.0 Å². The summed E-state index contributed by atoms with van der Waals surface area (Å²) >= 11 is 0. The van der Waals surface area contributed by atoms with Crippen LogP contribution in [0, 0.1) is 0 Å². The number of rotatable bonds is 6. The van der Waals surface area contributed by atoms with Crippen LogP contribution in [0.25, 0.3) is 0 Å². The summed E-state index contributed by atoms with van der Waals surface area (Å²) in [5.41, 5.74) is 1.82. The second-order valence-corrected chi connectivity index (χ2v) is 7.35. The van der Waals surface area contributed by atoms with Gasteiger partial charge in [0.15, 0.2) is 17.3 Å². The number of fused-ring (bicyclic) bond motifs is 1. The van der Waals surface area contributed by atoms with Crippen molar-refractivity contribution in [3.8, 4) is 11.5 Å². The van der Waals surface area contributed by atoms with Gasteiger partial charge in [0.25, 0.3) is 0 Å². The van der Waals surface area contributed by atoms with Crippen LogP contribution in [0.2, 0.25) is 0 Å². The molecule has 2 aliphatic heterocycles. The van der Waals surface area contributed by atoms with Crippen molar-refractivity contribution in [1.29, 1.82) is 0 Å². The molecule has 0 radical (unpaired) electrons. The zero-order valence-corrected chi connectivity index (χ0v) is 15.9. The largest absolute Gasteiger partial charge is 0.486 e. The fraction of sp³-hybridized carbons (Fsp3) is 0.391. The molecule has 2 aromatic rings. The number of likely N-dealkylation sites (tertiary alicyclic amines) is 1. The van der Waals surface area contributed by atoms with Gasteiger partial charge in [-0.2, -0.15) is 0 Å². The fourth-order valence-corrected chi connectivity index (χ4v) is 3.99. The maximum atomic E-state index is 12.7. The van der Waals surface area contributed by atoms with Gasteiger partial charge < -0.3 is 14.4 Å². The van der Waals surface area contributed by atoms with Crippen LogP contribution in [0.5, 0.6) is 11.5 Å². The Labute approximate surface area is 165 Å². The molecule has 0 aromatic heterocycles. The maximum absolute atomic E-state index is 12.7. The van der Waals surface area contributed by atoms with Crippen LogP contribution in [0.15, 0.2) is 48.5 Å².